The van der Waals surface area contributed by atoms with E-state index in [9.17, 15) is 0 Å². The molecule has 0 atom stereocenters. The summed E-state index contributed by atoms with van der Waals surface area (Å²) in [6.45, 7) is 0. The number of anilines is 3. The molecule has 0 saturated heterocycles. The molecular weight excluding hydrogens is 701 g/mol. The number of nitrogens with zero attached hydrogens (tertiary/aromatic N) is 2. The Kier molecular flexibility index (Phi) is 8.19. The predicted molar refractivity (Wildman–Crippen MR) is 247 cm³/mol. The lowest BCUT2D eigenvalue weighted by molar-refractivity contribution is 1.19. The molecule has 0 bridgehead atoms. The number of hydrogen-bond acceptors (Lipinski definition) is 1. The Morgan fingerprint density at radius 1 is 0.276 bits per heavy atom. The Hall–Kier alpha value is -7.68. The van der Waals surface area contributed by atoms with Gasteiger partial charge in [0, 0.05) is 33.5 Å². The highest BCUT2D eigenvalue weighted by Gasteiger charge is 2.17. The van der Waals surface area contributed by atoms with Gasteiger partial charge in [0.05, 0.1) is 11.0 Å². The molecule has 272 valence electrons. The fourth-order valence-corrected chi connectivity index (χ4v) is 8.80. The van der Waals surface area contributed by atoms with E-state index in [-0.39, 0.29) is 0 Å². The fourth-order valence-electron chi connectivity index (χ4n) is 8.80. The van der Waals surface area contributed by atoms with Gasteiger partial charge in [-0.15, -0.1) is 0 Å². The number of rotatable bonds is 7. The normalized spacial score (nSPS) is 11.4. The van der Waals surface area contributed by atoms with Crippen LogP contribution < -0.4 is 4.90 Å². The van der Waals surface area contributed by atoms with Crippen molar-refractivity contribution in [2.45, 2.75) is 0 Å². The Balaban J connectivity index is 1.02. The molecule has 0 N–H and O–H groups in total. The van der Waals surface area contributed by atoms with Crippen LogP contribution in [-0.4, -0.2) is 4.57 Å². The molecule has 11 rings (SSSR count). The lowest BCUT2D eigenvalue weighted by atomic mass is 9.96. The van der Waals surface area contributed by atoms with Gasteiger partial charge in [-0.1, -0.05) is 170 Å². The van der Waals surface area contributed by atoms with Crippen molar-refractivity contribution in [3.8, 4) is 39.1 Å². The Morgan fingerprint density at radius 2 is 0.707 bits per heavy atom. The van der Waals surface area contributed by atoms with Gasteiger partial charge in [0.2, 0.25) is 0 Å². The smallest absolute Gasteiger partial charge is 0.0541 e. The molecule has 0 saturated carbocycles. The van der Waals surface area contributed by atoms with Crippen LogP contribution in [0.1, 0.15) is 0 Å². The zero-order valence-corrected chi connectivity index (χ0v) is 31.8. The maximum absolute atomic E-state index is 2.41. The van der Waals surface area contributed by atoms with E-state index in [1.165, 1.54) is 76.7 Å². The molecule has 2 heteroatoms. The Morgan fingerprint density at radius 3 is 1.31 bits per heavy atom. The highest BCUT2D eigenvalue weighted by atomic mass is 15.1. The average molecular weight is 739 g/mol. The second kappa shape index (κ2) is 14.1. The van der Waals surface area contributed by atoms with Gasteiger partial charge in [-0.3, -0.25) is 0 Å². The van der Waals surface area contributed by atoms with E-state index >= 15 is 0 Å². The van der Waals surface area contributed by atoms with Crippen LogP contribution in [0.5, 0.6) is 0 Å². The SMILES string of the molecule is c1ccc(-c2ccc(N(c3ccc(-c4cccc5ccccc45)cc3)c3ccc(-c4cc(-n5c6ccccc6c6ccccc65)cc5ccccc45)cc3)cc2)cc1. The summed E-state index contributed by atoms with van der Waals surface area (Å²) in [5, 5.41) is 7.48. The number of para-hydroxylation sites is 2. The molecule has 10 aromatic carbocycles. The van der Waals surface area contributed by atoms with Crippen LogP contribution in [0.2, 0.25) is 0 Å². The van der Waals surface area contributed by atoms with Gasteiger partial charge < -0.3 is 9.47 Å². The van der Waals surface area contributed by atoms with Crippen molar-refractivity contribution < 1.29 is 0 Å². The second-order valence-electron chi connectivity index (χ2n) is 15.0. The molecule has 2 nitrogen and oxygen atoms in total. The molecule has 0 spiro atoms. The molecule has 0 fully saturated rings. The van der Waals surface area contributed by atoms with Crippen LogP contribution >= 0.6 is 0 Å². The highest BCUT2D eigenvalue weighted by Crippen LogP contribution is 2.41. The van der Waals surface area contributed by atoms with Crippen LogP contribution in [0.3, 0.4) is 0 Å². The van der Waals surface area contributed by atoms with E-state index in [0.29, 0.717) is 0 Å². The van der Waals surface area contributed by atoms with Crippen molar-refractivity contribution in [1.82, 2.24) is 4.57 Å². The minimum atomic E-state index is 1.09. The first-order valence-corrected chi connectivity index (χ1v) is 19.9. The van der Waals surface area contributed by atoms with Gasteiger partial charge in [0.25, 0.3) is 0 Å². The molecule has 0 aliphatic rings. The first kappa shape index (κ1) is 33.6. The molecule has 0 unspecified atom stereocenters. The number of hydrogen-bond donors (Lipinski definition) is 0. The zero-order valence-electron chi connectivity index (χ0n) is 31.8. The van der Waals surface area contributed by atoms with E-state index in [4.69, 9.17) is 0 Å². The number of benzene rings is 10. The molecule has 1 aromatic heterocycles. The van der Waals surface area contributed by atoms with Crippen LogP contribution in [-0.2, 0) is 0 Å². The molecule has 0 aliphatic heterocycles. The van der Waals surface area contributed by atoms with E-state index in [0.717, 1.165) is 22.7 Å². The standard InChI is InChI=1S/C56H38N2/c1-2-13-39(14-3-1)40-25-31-45(32-26-40)57(46-33-27-42(28-34-46)50-22-12-17-41-15-4-6-18-49(41)50)47-35-29-43(30-36-47)54-38-48(37-44-16-5-7-19-51(44)54)58-55-23-10-8-20-52(55)53-21-9-11-24-56(53)58/h1-38H. The van der Waals surface area contributed by atoms with Crippen molar-refractivity contribution in [1.29, 1.82) is 0 Å². The maximum Gasteiger partial charge on any atom is 0.0541 e. The molecule has 0 amide bonds. The van der Waals surface area contributed by atoms with Crippen molar-refractivity contribution >= 4 is 60.4 Å². The third kappa shape index (κ3) is 5.82. The largest absolute Gasteiger partial charge is 0.311 e. The van der Waals surface area contributed by atoms with E-state index in [1.54, 1.807) is 0 Å². The summed E-state index contributed by atoms with van der Waals surface area (Å²) in [6, 6.07) is 83.7. The van der Waals surface area contributed by atoms with Crippen LogP contribution in [0.15, 0.2) is 231 Å². The van der Waals surface area contributed by atoms with Crippen molar-refractivity contribution in [3.63, 3.8) is 0 Å². The molecular formula is C56H38N2. The average Bonchev–Trinajstić information content (AvgIpc) is 3.64. The minimum Gasteiger partial charge on any atom is -0.311 e. The van der Waals surface area contributed by atoms with Crippen LogP contribution in [0, 0.1) is 0 Å². The Bertz CT molecular complexity index is 3190. The maximum atomic E-state index is 2.41. The lowest BCUT2D eigenvalue weighted by Crippen LogP contribution is -2.09. The van der Waals surface area contributed by atoms with Crippen LogP contribution in [0.4, 0.5) is 17.1 Å². The summed E-state index contributed by atoms with van der Waals surface area (Å²) in [7, 11) is 0. The summed E-state index contributed by atoms with van der Waals surface area (Å²) in [5.74, 6) is 0. The zero-order chi connectivity index (χ0) is 38.4. The molecule has 0 radical (unpaired) electrons. The topological polar surface area (TPSA) is 8.17 Å². The van der Waals surface area contributed by atoms with Gasteiger partial charge >= 0.3 is 0 Å². The van der Waals surface area contributed by atoms with E-state index in [1.807, 2.05) is 0 Å². The summed E-state index contributed by atoms with van der Waals surface area (Å²) in [5.41, 5.74) is 14.1. The molecule has 1 heterocycles. The molecule has 0 aliphatic carbocycles. The predicted octanol–water partition coefficient (Wildman–Crippen LogP) is 15.6. The molecule has 58 heavy (non-hydrogen) atoms. The first-order chi connectivity index (χ1) is 28.8. The van der Waals surface area contributed by atoms with Gasteiger partial charge in [-0.25, -0.2) is 0 Å². The summed E-state index contributed by atoms with van der Waals surface area (Å²) in [6.07, 6.45) is 0. The summed E-state index contributed by atoms with van der Waals surface area (Å²) in [4.78, 5) is 2.36. The Labute approximate surface area is 338 Å². The van der Waals surface area contributed by atoms with E-state index in [2.05, 4.69) is 240 Å². The number of fused-ring (bicyclic) bond motifs is 5. The van der Waals surface area contributed by atoms with Crippen LogP contribution in [0.25, 0.3) is 82.4 Å². The first-order valence-electron chi connectivity index (χ1n) is 19.9. The van der Waals surface area contributed by atoms with Gasteiger partial charge in [0.1, 0.15) is 0 Å². The summed E-state index contributed by atoms with van der Waals surface area (Å²) >= 11 is 0. The quantitative estimate of drug-likeness (QED) is 0.158. The highest BCUT2D eigenvalue weighted by molar-refractivity contribution is 6.10. The fraction of sp³-hybridized carbons (Fsp3) is 0. The summed E-state index contributed by atoms with van der Waals surface area (Å²) < 4.78 is 2.41. The van der Waals surface area contributed by atoms with Gasteiger partial charge in [-0.2, -0.15) is 0 Å². The van der Waals surface area contributed by atoms with Gasteiger partial charge in [0.15, 0.2) is 0 Å². The number of aromatic nitrogens is 1. The van der Waals surface area contributed by atoms with Gasteiger partial charge in [-0.05, 0) is 116 Å². The van der Waals surface area contributed by atoms with Crippen molar-refractivity contribution in [3.05, 3.63) is 231 Å². The second-order valence-corrected chi connectivity index (χ2v) is 15.0. The third-order valence-electron chi connectivity index (χ3n) is 11.6. The minimum absolute atomic E-state index is 1.09. The lowest BCUT2D eigenvalue weighted by Gasteiger charge is -2.26. The van der Waals surface area contributed by atoms with Crippen molar-refractivity contribution in [2.75, 3.05) is 4.90 Å². The van der Waals surface area contributed by atoms with Crippen molar-refractivity contribution in [2.24, 2.45) is 0 Å². The van der Waals surface area contributed by atoms with E-state index < -0.39 is 0 Å². The monoisotopic (exact) mass is 738 g/mol. The third-order valence-corrected chi connectivity index (χ3v) is 11.6. The molecule has 11 aromatic rings.